The zero-order valence-electron chi connectivity index (χ0n) is 16.8. The molecule has 4 nitrogen and oxygen atoms in total. The first-order valence-electron chi connectivity index (χ1n) is 10.0. The zero-order chi connectivity index (χ0) is 19.0. The van der Waals surface area contributed by atoms with Crippen molar-refractivity contribution in [1.82, 2.24) is 0 Å². The highest BCUT2D eigenvalue weighted by Gasteiger charge is 2.24. The van der Waals surface area contributed by atoms with E-state index in [0.717, 1.165) is 37.9 Å². The third-order valence-electron chi connectivity index (χ3n) is 5.14. The lowest BCUT2D eigenvalue weighted by atomic mass is 9.89. The van der Waals surface area contributed by atoms with Crippen molar-refractivity contribution in [3.8, 4) is 5.75 Å². The van der Waals surface area contributed by atoms with Gasteiger partial charge in [0.1, 0.15) is 12.4 Å². The SMILES string of the molecule is CCC(C)c1ccc(OC(C)(C)OCCOC(=O)C2CCCCC2)cc1. The molecule has 0 spiro atoms. The molecule has 0 N–H and O–H groups in total. The third-order valence-corrected chi connectivity index (χ3v) is 5.14. The van der Waals surface area contributed by atoms with E-state index in [9.17, 15) is 4.79 Å². The summed E-state index contributed by atoms with van der Waals surface area (Å²) in [6, 6.07) is 8.17. The number of benzene rings is 1. The van der Waals surface area contributed by atoms with Gasteiger partial charge in [-0.3, -0.25) is 4.79 Å². The molecular weight excluding hydrogens is 328 g/mol. The van der Waals surface area contributed by atoms with Crippen LogP contribution < -0.4 is 4.74 Å². The minimum atomic E-state index is -0.769. The molecule has 1 aliphatic carbocycles. The van der Waals surface area contributed by atoms with Gasteiger partial charge in [-0.1, -0.05) is 45.2 Å². The standard InChI is InChI=1S/C22H34O4/c1-5-17(2)18-11-13-20(14-12-18)26-22(3,4)25-16-15-24-21(23)19-9-7-6-8-10-19/h11-14,17,19H,5-10,15-16H2,1-4H3. The number of rotatable bonds is 9. The summed E-state index contributed by atoms with van der Waals surface area (Å²) in [6.45, 7) is 8.76. The summed E-state index contributed by atoms with van der Waals surface area (Å²) in [5, 5.41) is 0. The number of hydrogen-bond donors (Lipinski definition) is 0. The molecule has 0 heterocycles. The summed E-state index contributed by atoms with van der Waals surface area (Å²) in [5.74, 6) is 0.563. The first kappa shape index (κ1) is 20.8. The van der Waals surface area contributed by atoms with E-state index in [1.165, 1.54) is 12.0 Å². The van der Waals surface area contributed by atoms with Crippen molar-refractivity contribution < 1.29 is 19.0 Å². The Labute approximate surface area is 158 Å². The van der Waals surface area contributed by atoms with Crippen LogP contribution in [0.4, 0.5) is 0 Å². The van der Waals surface area contributed by atoms with Crippen molar-refractivity contribution in [3.63, 3.8) is 0 Å². The zero-order valence-corrected chi connectivity index (χ0v) is 16.8. The topological polar surface area (TPSA) is 44.8 Å². The van der Waals surface area contributed by atoms with Crippen LogP contribution in [0.1, 0.15) is 77.7 Å². The van der Waals surface area contributed by atoms with Gasteiger partial charge in [0, 0.05) is 13.8 Å². The third kappa shape index (κ3) is 6.64. The van der Waals surface area contributed by atoms with Gasteiger partial charge in [-0.2, -0.15) is 0 Å². The molecule has 0 aromatic heterocycles. The number of carbonyl (C=O) groups excluding carboxylic acids is 1. The molecule has 1 atom stereocenters. The Morgan fingerprint density at radius 3 is 2.38 bits per heavy atom. The van der Waals surface area contributed by atoms with Crippen molar-refractivity contribution in [2.24, 2.45) is 5.92 Å². The Bertz CT molecular complexity index is 544. The molecule has 1 fully saturated rings. The molecule has 2 rings (SSSR count). The first-order chi connectivity index (χ1) is 12.4. The molecule has 1 saturated carbocycles. The van der Waals surface area contributed by atoms with Crippen molar-refractivity contribution >= 4 is 5.97 Å². The number of hydrogen-bond acceptors (Lipinski definition) is 4. The highest BCUT2D eigenvalue weighted by atomic mass is 16.7. The fourth-order valence-corrected chi connectivity index (χ4v) is 3.30. The predicted molar refractivity (Wildman–Crippen MR) is 103 cm³/mol. The van der Waals surface area contributed by atoms with Crippen LogP contribution in [-0.4, -0.2) is 25.0 Å². The van der Waals surface area contributed by atoms with E-state index in [4.69, 9.17) is 14.2 Å². The van der Waals surface area contributed by atoms with Gasteiger partial charge < -0.3 is 14.2 Å². The maximum atomic E-state index is 12.0. The highest BCUT2D eigenvalue weighted by Crippen LogP contribution is 2.25. The van der Waals surface area contributed by atoms with Crippen LogP contribution in [0.3, 0.4) is 0 Å². The molecule has 4 heteroatoms. The summed E-state index contributed by atoms with van der Waals surface area (Å²) >= 11 is 0. The van der Waals surface area contributed by atoms with E-state index in [1.807, 2.05) is 26.0 Å². The van der Waals surface area contributed by atoms with Crippen LogP contribution in [0, 0.1) is 5.92 Å². The van der Waals surface area contributed by atoms with Gasteiger partial charge in [-0.15, -0.1) is 0 Å². The molecule has 0 aliphatic heterocycles. The maximum absolute atomic E-state index is 12.0. The molecular formula is C22H34O4. The number of carbonyl (C=O) groups is 1. The lowest BCUT2D eigenvalue weighted by molar-refractivity contribution is -0.173. The van der Waals surface area contributed by atoms with Crippen LogP contribution >= 0.6 is 0 Å². The van der Waals surface area contributed by atoms with Gasteiger partial charge >= 0.3 is 5.97 Å². The Kier molecular flexibility index (Phi) is 7.95. The number of esters is 1. The van der Waals surface area contributed by atoms with Gasteiger partial charge in [0.25, 0.3) is 0 Å². The number of ether oxygens (including phenoxy) is 3. The van der Waals surface area contributed by atoms with E-state index >= 15 is 0 Å². The van der Waals surface area contributed by atoms with Gasteiger partial charge in [-0.05, 0) is 42.9 Å². The molecule has 0 amide bonds. The summed E-state index contributed by atoms with van der Waals surface area (Å²) < 4.78 is 17.1. The maximum Gasteiger partial charge on any atom is 0.309 e. The fourth-order valence-electron chi connectivity index (χ4n) is 3.30. The van der Waals surface area contributed by atoms with Crippen LogP contribution in [0.5, 0.6) is 5.75 Å². The summed E-state index contributed by atoms with van der Waals surface area (Å²) in [6.07, 6.45) is 6.53. The van der Waals surface area contributed by atoms with Crippen LogP contribution in [0.15, 0.2) is 24.3 Å². The van der Waals surface area contributed by atoms with E-state index < -0.39 is 5.79 Å². The lowest BCUT2D eigenvalue weighted by Gasteiger charge is -2.27. The van der Waals surface area contributed by atoms with Gasteiger partial charge in [0.05, 0.1) is 12.5 Å². The summed E-state index contributed by atoms with van der Waals surface area (Å²) in [5.41, 5.74) is 1.31. The Balaban J connectivity index is 1.71. The second-order valence-electron chi connectivity index (χ2n) is 7.73. The Morgan fingerprint density at radius 1 is 1.12 bits per heavy atom. The molecule has 1 unspecified atom stereocenters. The average Bonchev–Trinajstić information content (AvgIpc) is 2.65. The van der Waals surface area contributed by atoms with E-state index in [0.29, 0.717) is 12.5 Å². The molecule has 0 saturated heterocycles. The molecule has 0 bridgehead atoms. The van der Waals surface area contributed by atoms with Crippen molar-refractivity contribution in [3.05, 3.63) is 29.8 Å². The largest absolute Gasteiger partial charge is 0.463 e. The quantitative estimate of drug-likeness (QED) is 0.333. The molecule has 1 aromatic carbocycles. The second-order valence-corrected chi connectivity index (χ2v) is 7.73. The van der Waals surface area contributed by atoms with Gasteiger partial charge in [-0.25, -0.2) is 0 Å². The molecule has 26 heavy (non-hydrogen) atoms. The van der Waals surface area contributed by atoms with E-state index in [-0.39, 0.29) is 18.5 Å². The smallest absolute Gasteiger partial charge is 0.309 e. The van der Waals surface area contributed by atoms with Gasteiger partial charge in [0.15, 0.2) is 0 Å². The Hall–Kier alpha value is -1.55. The molecule has 146 valence electrons. The van der Waals surface area contributed by atoms with E-state index in [1.54, 1.807) is 0 Å². The van der Waals surface area contributed by atoms with Crippen molar-refractivity contribution in [1.29, 1.82) is 0 Å². The van der Waals surface area contributed by atoms with Crippen LogP contribution in [0.25, 0.3) is 0 Å². The average molecular weight is 363 g/mol. The van der Waals surface area contributed by atoms with Crippen molar-refractivity contribution in [2.45, 2.75) is 77.9 Å². The summed E-state index contributed by atoms with van der Waals surface area (Å²) in [4.78, 5) is 12.0. The highest BCUT2D eigenvalue weighted by molar-refractivity contribution is 5.72. The lowest BCUT2D eigenvalue weighted by Crippen LogP contribution is -2.33. The molecule has 1 aromatic rings. The minimum absolute atomic E-state index is 0.0762. The summed E-state index contributed by atoms with van der Waals surface area (Å²) in [7, 11) is 0. The first-order valence-corrected chi connectivity index (χ1v) is 10.0. The second kappa shape index (κ2) is 9.96. The van der Waals surface area contributed by atoms with Gasteiger partial charge in [0.2, 0.25) is 5.79 Å². The predicted octanol–water partition coefficient (Wildman–Crippen LogP) is 5.46. The van der Waals surface area contributed by atoms with E-state index in [2.05, 4.69) is 26.0 Å². The normalized spacial score (nSPS) is 16.9. The molecule has 0 radical (unpaired) electrons. The molecule has 1 aliphatic rings. The van der Waals surface area contributed by atoms with Crippen LogP contribution in [0.2, 0.25) is 0 Å². The monoisotopic (exact) mass is 362 g/mol. The Morgan fingerprint density at radius 2 is 1.77 bits per heavy atom. The fraction of sp³-hybridized carbons (Fsp3) is 0.682. The van der Waals surface area contributed by atoms with Crippen LogP contribution in [-0.2, 0) is 14.3 Å². The minimum Gasteiger partial charge on any atom is -0.463 e. The van der Waals surface area contributed by atoms with Crippen molar-refractivity contribution in [2.75, 3.05) is 13.2 Å².